The Morgan fingerprint density at radius 2 is 1.96 bits per heavy atom. The number of amides is 1. The Bertz CT molecular complexity index is 761. The molecule has 23 heavy (non-hydrogen) atoms. The van der Waals surface area contributed by atoms with Gasteiger partial charge in [0.1, 0.15) is 5.82 Å². The lowest BCUT2D eigenvalue weighted by molar-refractivity contribution is -0.384. The topological polar surface area (TPSA) is 63.5 Å². The summed E-state index contributed by atoms with van der Waals surface area (Å²) in [6.07, 6.45) is 0. The Morgan fingerprint density at radius 3 is 2.57 bits per heavy atom. The highest BCUT2D eigenvalue weighted by Crippen LogP contribution is 2.24. The van der Waals surface area contributed by atoms with E-state index in [0.29, 0.717) is 11.1 Å². The fourth-order valence-corrected chi connectivity index (χ4v) is 2.23. The summed E-state index contributed by atoms with van der Waals surface area (Å²) in [6.45, 7) is 3.39. The van der Waals surface area contributed by atoms with Gasteiger partial charge in [0, 0.05) is 24.7 Å². The van der Waals surface area contributed by atoms with Gasteiger partial charge in [-0.3, -0.25) is 14.9 Å². The molecular formula is C17H17FN2O3. The first-order chi connectivity index (χ1) is 10.8. The Labute approximate surface area is 133 Å². The van der Waals surface area contributed by atoms with Crippen LogP contribution in [0.3, 0.4) is 0 Å². The first-order valence-corrected chi connectivity index (χ1v) is 7.09. The zero-order valence-corrected chi connectivity index (χ0v) is 13.1. The van der Waals surface area contributed by atoms with Gasteiger partial charge in [0.25, 0.3) is 11.6 Å². The molecule has 0 radical (unpaired) electrons. The number of hydrogen-bond acceptors (Lipinski definition) is 3. The van der Waals surface area contributed by atoms with Crippen molar-refractivity contribution in [1.82, 2.24) is 4.90 Å². The summed E-state index contributed by atoms with van der Waals surface area (Å²) in [5.74, 6) is -0.782. The summed E-state index contributed by atoms with van der Waals surface area (Å²) in [7, 11) is 1.59. The number of non-ortho nitro benzene ring substituents is 1. The van der Waals surface area contributed by atoms with Crippen LogP contribution in [0.2, 0.25) is 0 Å². The number of hydrogen-bond donors (Lipinski definition) is 0. The van der Waals surface area contributed by atoms with Crippen molar-refractivity contribution < 1.29 is 14.1 Å². The van der Waals surface area contributed by atoms with Gasteiger partial charge in [0.15, 0.2) is 0 Å². The van der Waals surface area contributed by atoms with Gasteiger partial charge in [0.2, 0.25) is 0 Å². The van der Waals surface area contributed by atoms with Crippen molar-refractivity contribution >= 4 is 11.6 Å². The second-order valence-corrected chi connectivity index (χ2v) is 5.41. The molecule has 0 spiro atoms. The van der Waals surface area contributed by atoms with Crippen LogP contribution in [-0.2, 0) is 0 Å². The molecular weight excluding hydrogens is 299 g/mol. The van der Waals surface area contributed by atoms with Crippen LogP contribution in [0.5, 0.6) is 0 Å². The van der Waals surface area contributed by atoms with Crippen LogP contribution >= 0.6 is 0 Å². The molecule has 1 amide bonds. The second kappa shape index (κ2) is 6.56. The van der Waals surface area contributed by atoms with E-state index in [2.05, 4.69) is 0 Å². The first-order valence-electron chi connectivity index (χ1n) is 7.09. The van der Waals surface area contributed by atoms with Crippen LogP contribution in [0.15, 0.2) is 42.5 Å². The van der Waals surface area contributed by atoms with Gasteiger partial charge in [0.05, 0.1) is 11.0 Å². The van der Waals surface area contributed by atoms with E-state index in [1.165, 1.54) is 23.1 Å². The number of halogens is 1. The monoisotopic (exact) mass is 316 g/mol. The van der Waals surface area contributed by atoms with Crippen molar-refractivity contribution in [3.63, 3.8) is 0 Å². The van der Waals surface area contributed by atoms with Gasteiger partial charge in [-0.05, 0) is 37.1 Å². The van der Waals surface area contributed by atoms with Crippen LogP contribution in [-0.4, -0.2) is 22.8 Å². The van der Waals surface area contributed by atoms with E-state index in [1.54, 1.807) is 45.2 Å². The number of nitrogens with zero attached hydrogens (tertiary/aromatic N) is 2. The van der Waals surface area contributed by atoms with Crippen LogP contribution in [0.4, 0.5) is 10.1 Å². The largest absolute Gasteiger partial charge is 0.335 e. The molecule has 0 fully saturated rings. The Hall–Kier alpha value is -2.76. The highest BCUT2D eigenvalue weighted by Gasteiger charge is 2.21. The number of aryl methyl sites for hydroxylation is 1. The molecule has 0 N–H and O–H groups in total. The predicted octanol–water partition coefficient (Wildman–Crippen LogP) is 3.88. The fraction of sp³-hybridized carbons (Fsp3) is 0.235. The minimum atomic E-state index is -0.479. The Morgan fingerprint density at radius 1 is 1.26 bits per heavy atom. The number of rotatable bonds is 4. The minimum absolute atomic E-state index is 0.0309. The molecule has 2 aromatic rings. The maximum atomic E-state index is 13.6. The number of benzene rings is 2. The third-order valence-corrected chi connectivity index (χ3v) is 3.88. The third kappa shape index (κ3) is 3.53. The van der Waals surface area contributed by atoms with Crippen molar-refractivity contribution in [3.8, 4) is 0 Å². The van der Waals surface area contributed by atoms with Crippen molar-refractivity contribution in [1.29, 1.82) is 0 Å². The molecule has 0 saturated heterocycles. The molecule has 0 aliphatic heterocycles. The van der Waals surface area contributed by atoms with Gasteiger partial charge < -0.3 is 4.90 Å². The summed E-state index contributed by atoms with van der Waals surface area (Å²) in [4.78, 5) is 24.3. The predicted molar refractivity (Wildman–Crippen MR) is 84.7 cm³/mol. The minimum Gasteiger partial charge on any atom is -0.335 e. The fourth-order valence-electron chi connectivity index (χ4n) is 2.23. The van der Waals surface area contributed by atoms with Gasteiger partial charge in [-0.1, -0.05) is 18.2 Å². The van der Waals surface area contributed by atoms with Crippen LogP contribution in [0.1, 0.15) is 34.5 Å². The van der Waals surface area contributed by atoms with E-state index < -0.39 is 10.7 Å². The molecule has 0 bridgehead atoms. The summed E-state index contributed by atoms with van der Waals surface area (Å²) in [5, 5.41) is 10.9. The first kappa shape index (κ1) is 16.6. The highest BCUT2D eigenvalue weighted by molar-refractivity contribution is 5.94. The van der Waals surface area contributed by atoms with Crippen molar-refractivity contribution in [2.24, 2.45) is 0 Å². The van der Waals surface area contributed by atoms with E-state index in [0.717, 1.165) is 0 Å². The van der Waals surface area contributed by atoms with E-state index in [1.807, 2.05) is 0 Å². The molecule has 0 aliphatic rings. The van der Waals surface area contributed by atoms with Gasteiger partial charge in [-0.2, -0.15) is 0 Å². The van der Waals surface area contributed by atoms with Crippen molar-refractivity contribution in [3.05, 3.63) is 75.1 Å². The molecule has 0 aliphatic carbocycles. The van der Waals surface area contributed by atoms with E-state index in [4.69, 9.17) is 0 Å². The van der Waals surface area contributed by atoms with Crippen LogP contribution in [0.25, 0.3) is 0 Å². The number of carbonyl (C=O) groups is 1. The van der Waals surface area contributed by atoms with Crippen LogP contribution in [0, 0.1) is 22.9 Å². The third-order valence-electron chi connectivity index (χ3n) is 3.88. The average molecular weight is 316 g/mol. The molecule has 0 saturated carbocycles. The normalized spacial score (nSPS) is 11.8. The summed E-state index contributed by atoms with van der Waals surface area (Å²) in [5.41, 5.74) is 1.32. The Balaban J connectivity index is 2.26. The molecule has 0 heterocycles. The van der Waals surface area contributed by atoms with E-state index >= 15 is 0 Å². The summed E-state index contributed by atoms with van der Waals surface area (Å²) in [6, 6.07) is 10.1. The lowest BCUT2D eigenvalue weighted by Crippen LogP contribution is -2.29. The molecule has 5 nitrogen and oxygen atoms in total. The molecule has 0 aromatic heterocycles. The summed E-state index contributed by atoms with van der Waals surface area (Å²) >= 11 is 0. The lowest BCUT2D eigenvalue weighted by Gasteiger charge is -2.25. The number of nitro groups is 1. The molecule has 1 atom stereocenters. The smallest absolute Gasteiger partial charge is 0.269 e. The zero-order valence-electron chi connectivity index (χ0n) is 13.1. The van der Waals surface area contributed by atoms with Crippen molar-refractivity contribution in [2.75, 3.05) is 7.05 Å². The SMILES string of the molecule is Cc1ccc(C(=O)N(C)[C@@H](C)c2cccc([N+](=O)[O-])c2)cc1F. The molecule has 2 rings (SSSR count). The molecule has 6 heteroatoms. The highest BCUT2D eigenvalue weighted by atomic mass is 19.1. The lowest BCUT2D eigenvalue weighted by atomic mass is 10.0. The average Bonchev–Trinajstić information content (AvgIpc) is 2.55. The Kier molecular flexibility index (Phi) is 4.74. The van der Waals surface area contributed by atoms with E-state index in [9.17, 15) is 19.3 Å². The van der Waals surface area contributed by atoms with E-state index in [-0.39, 0.29) is 23.2 Å². The van der Waals surface area contributed by atoms with Gasteiger partial charge in [-0.25, -0.2) is 4.39 Å². The van der Waals surface area contributed by atoms with Crippen LogP contribution < -0.4 is 0 Å². The molecule has 2 aromatic carbocycles. The summed E-state index contributed by atoms with van der Waals surface area (Å²) < 4.78 is 13.6. The maximum Gasteiger partial charge on any atom is 0.269 e. The second-order valence-electron chi connectivity index (χ2n) is 5.41. The zero-order chi connectivity index (χ0) is 17.1. The number of nitro benzene ring substituents is 1. The molecule has 0 unspecified atom stereocenters. The van der Waals surface area contributed by atoms with Crippen molar-refractivity contribution in [2.45, 2.75) is 19.9 Å². The van der Waals surface area contributed by atoms with Gasteiger partial charge >= 0.3 is 0 Å². The van der Waals surface area contributed by atoms with Gasteiger partial charge in [-0.15, -0.1) is 0 Å². The maximum absolute atomic E-state index is 13.6. The molecule has 120 valence electrons. The quantitative estimate of drug-likeness (QED) is 0.635. The number of carbonyl (C=O) groups excluding carboxylic acids is 1. The standard InChI is InChI=1S/C17H17FN2O3/c1-11-7-8-14(10-16(11)18)17(21)19(3)12(2)13-5-4-6-15(9-13)20(22)23/h4-10,12H,1-3H3/t12-/m0/s1.